The molecule has 0 saturated heterocycles. The topological polar surface area (TPSA) is 40.5 Å². The Morgan fingerprint density at radius 2 is 1.83 bits per heavy atom. The van der Waals surface area contributed by atoms with Crippen LogP contribution in [0.4, 0.5) is 5.00 Å². The van der Waals surface area contributed by atoms with E-state index in [9.17, 15) is 9.90 Å². The van der Waals surface area contributed by atoms with E-state index in [1.165, 1.54) is 38.5 Å². The molecule has 1 N–H and O–H groups in total. The average Bonchev–Trinajstić information content (AvgIpc) is 3.46. The van der Waals surface area contributed by atoms with Gasteiger partial charge >= 0.3 is 0 Å². The Kier molecular flexibility index (Phi) is 6.60. The Balaban J connectivity index is 1.35. The van der Waals surface area contributed by atoms with E-state index >= 15 is 0 Å². The molecule has 0 radical (unpaired) electrons. The molecule has 3 nitrogen and oxygen atoms in total. The van der Waals surface area contributed by atoms with Crippen LogP contribution in [-0.2, 0) is 4.79 Å². The molecule has 36 heavy (non-hydrogen) atoms. The van der Waals surface area contributed by atoms with Gasteiger partial charge in [0.1, 0.15) is 0 Å². The van der Waals surface area contributed by atoms with E-state index in [1.807, 2.05) is 35.0 Å². The second-order valence-corrected chi connectivity index (χ2v) is 15.1. The molecule has 5 rings (SSSR count). The number of allylic oxidation sites excluding steroid dienone is 2. The predicted molar refractivity (Wildman–Crippen MR) is 151 cm³/mol. The summed E-state index contributed by atoms with van der Waals surface area (Å²) in [6.45, 7) is 14.8. The maximum Gasteiger partial charge on any atom is 0.227 e. The first-order valence-electron chi connectivity index (χ1n) is 14.6. The molecule has 0 aromatic carbocycles. The van der Waals surface area contributed by atoms with Crippen molar-refractivity contribution in [2.75, 3.05) is 11.9 Å². The Bertz CT molecular complexity index is 1030. The van der Waals surface area contributed by atoms with E-state index in [0.29, 0.717) is 29.6 Å². The highest BCUT2D eigenvalue weighted by molar-refractivity contribution is 7.14. The number of hydrogen-bond donors (Lipinski definition) is 1. The van der Waals surface area contributed by atoms with Crippen LogP contribution in [0.15, 0.2) is 28.7 Å². The zero-order valence-electron chi connectivity index (χ0n) is 23.8. The fraction of sp³-hybridized carbons (Fsp3) is 0.781. The van der Waals surface area contributed by atoms with Crippen LogP contribution in [-0.4, -0.2) is 24.2 Å². The SMILES string of the molecule is C[C@H](CCC(=O)N(C)c1cccs1)[C@H]1CC[C@@]2(C)C3=C(CC[C@]12C)[C@@]1(C)CC[C@H](O)C(C)(C)[C@@H]1CC3. The van der Waals surface area contributed by atoms with Crippen LogP contribution in [0.5, 0.6) is 0 Å². The lowest BCUT2D eigenvalue weighted by Crippen LogP contribution is -2.55. The van der Waals surface area contributed by atoms with Gasteiger partial charge in [-0.05, 0) is 115 Å². The van der Waals surface area contributed by atoms with Gasteiger partial charge in [0.05, 0.1) is 11.1 Å². The van der Waals surface area contributed by atoms with Crippen molar-refractivity contribution in [2.24, 2.45) is 39.4 Å². The van der Waals surface area contributed by atoms with E-state index < -0.39 is 0 Å². The Morgan fingerprint density at radius 1 is 1.08 bits per heavy atom. The molecule has 7 atom stereocenters. The van der Waals surface area contributed by atoms with E-state index in [4.69, 9.17) is 0 Å². The molecule has 2 fully saturated rings. The van der Waals surface area contributed by atoms with Crippen molar-refractivity contribution in [3.63, 3.8) is 0 Å². The van der Waals surface area contributed by atoms with Gasteiger partial charge in [0.2, 0.25) is 5.91 Å². The maximum absolute atomic E-state index is 12.9. The first-order chi connectivity index (χ1) is 16.9. The Hall–Kier alpha value is -1.13. The third-order valence-electron chi connectivity index (χ3n) is 12.5. The van der Waals surface area contributed by atoms with Gasteiger partial charge in [-0.25, -0.2) is 0 Å². The van der Waals surface area contributed by atoms with E-state index in [1.54, 1.807) is 16.9 Å². The molecule has 4 aliphatic rings. The highest BCUT2D eigenvalue weighted by Gasteiger charge is 2.63. The number of fused-ring (bicyclic) bond motifs is 4. The van der Waals surface area contributed by atoms with Crippen molar-refractivity contribution in [3.05, 3.63) is 28.7 Å². The molecular formula is C32H49NO2S. The second-order valence-electron chi connectivity index (χ2n) is 14.2. The molecule has 0 aliphatic heterocycles. The lowest BCUT2D eigenvalue weighted by molar-refractivity contribution is -0.118. The summed E-state index contributed by atoms with van der Waals surface area (Å²) in [5.41, 5.74) is 4.46. The van der Waals surface area contributed by atoms with Crippen LogP contribution in [0, 0.1) is 39.4 Å². The van der Waals surface area contributed by atoms with Gasteiger partial charge in [-0.1, -0.05) is 52.7 Å². The quantitative estimate of drug-likeness (QED) is 0.404. The average molecular weight is 512 g/mol. The minimum Gasteiger partial charge on any atom is -0.393 e. The van der Waals surface area contributed by atoms with Crippen molar-refractivity contribution < 1.29 is 9.90 Å². The van der Waals surface area contributed by atoms with E-state index in [0.717, 1.165) is 24.3 Å². The normalized spacial score (nSPS) is 40.3. The van der Waals surface area contributed by atoms with Crippen LogP contribution in [0.1, 0.15) is 106 Å². The summed E-state index contributed by atoms with van der Waals surface area (Å²) in [5.74, 6) is 2.09. The number of aliphatic hydroxyl groups is 1. The molecule has 2 saturated carbocycles. The molecule has 1 aromatic heterocycles. The van der Waals surface area contributed by atoms with Crippen LogP contribution in [0.3, 0.4) is 0 Å². The number of thiophene rings is 1. The first kappa shape index (κ1) is 26.5. The number of carbonyl (C=O) groups is 1. The summed E-state index contributed by atoms with van der Waals surface area (Å²) in [5, 5.41) is 13.9. The number of carbonyl (C=O) groups excluding carboxylic acids is 1. The van der Waals surface area contributed by atoms with Crippen molar-refractivity contribution in [1.29, 1.82) is 0 Å². The number of rotatable bonds is 5. The van der Waals surface area contributed by atoms with Gasteiger partial charge in [-0.2, -0.15) is 0 Å². The molecule has 4 aliphatic carbocycles. The second kappa shape index (κ2) is 8.97. The molecule has 0 unspecified atom stereocenters. The molecule has 0 bridgehead atoms. The summed E-state index contributed by atoms with van der Waals surface area (Å²) >= 11 is 1.64. The van der Waals surface area contributed by atoms with Crippen LogP contribution in [0.2, 0.25) is 0 Å². The number of anilines is 1. The van der Waals surface area contributed by atoms with Crippen LogP contribution in [0.25, 0.3) is 0 Å². The number of hydrogen-bond acceptors (Lipinski definition) is 3. The third-order valence-corrected chi connectivity index (χ3v) is 13.5. The number of aliphatic hydroxyl groups excluding tert-OH is 1. The van der Waals surface area contributed by atoms with Crippen molar-refractivity contribution in [2.45, 2.75) is 112 Å². The van der Waals surface area contributed by atoms with E-state index in [-0.39, 0.29) is 28.3 Å². The largest absolute Gasteiger partial charge is 0.393 e. The molecular weight excluding hydrogens is 462 g/mol. The number of nitrogens with zero attached hydrogens (tertiary/aromatic N) is 1. The van der Waals surface area contributed by atoms with Gasteiger partial charge in [0, 0.05) is 13.5 Å². The lowest BCUT2D eigenvalue weighted by atomic mass is 9.43. The fourth-order valence-corrected chi connectivity index (χ4v) is 10.6. The summed E-state index contributed by atoms with van der Waals surface area (Å²) in [6.07, 6.45) is 11.1. The lowest BCUT2D eigenvalue weighted by Gasteiger charge is -2.62. The van der Waals surface area contributed by atoms with E-state index in [2.05, 4.69) is 41.5 Å². The molecule has 200 valence electrons. The fourth-order valence-electron chi connectivity index (χ4n) is 9.93. The minimum absolute atomic E-state index is 0.00270. The monoisotopic (exact) mass is 511 g/mol. The van der Waals surface area contributed by atoms with Crippen LogP contribution < -0.4 is 4.90 Å². The summed E-state index contributed by atoms with van der Waals surface area (Å²) in [4.78, 5) is 14.8. The third kappa shape index (κ3) is 3.71. The smallest absolute Gasteiger partial charge is 0.227 e. The highest BCUT2D eigenvalue weighted by Crippen LogP contribution is 2.72. The van der Waals surface area contributed by atoms with Crippen LogP contribution >= 0.6 is 11.3 Å². The van der Waals surface area contributed by atoms with Crippen molar-refractivity contribution in [1.82, 2.24) is 0 Å². The highest BCUT2D eigenvalue weighted by atomic mass is 32.1. The first-order valence-corrected chi connectivity index (χ1v) is 15.5. The number of amides is 1. The van der Waals surface area contributed by atoms with Crippen molar-refractivity contribution in [3.8, 4) is 0 Å². The maximum atomic E-state index is 12.9. The van der Waals surface area contributed by atoms with Gasteiger partial charge in [-0.3, -0.25) is 4.79 Å². The Labute approximate surface area is 223 Å². The standard InChI is InChI=1S/C32H49NO2S/c1-21(10-13-27(35)33(7)28-9-8-20-36-28)22-14-18-32(6)24-11-12-25-29(2,3)26(34)16-17-30(25,4)23(24)15-19-31(22,32)5/h8-9,20-22,25-26,34H,10-19H2,1-7H3/t21-,22-,25+,26+,30-,31-,32+/m1/s1. The zero-order chi connectivity index (χ0) is 26.1. The summed E-state index contributed by atoms with van der Waals surface area (Å²) in [6, 6.07) is 4.05. The zero-order valence-corrected chi connectivity index (χ0v) is 24.6. The summed E-state index contributed by atoms with van der Waals surface area (Å²) < 4.78 is 0. The molecule has 4 heteroatoms. The summed E-state index contributed by atoms with van der Waals surface area (Å²) in [7, 11) is 1.92. The van der Waals surface area contributed by atoms with Gasteiger partial charge in [-0.15, -0.1) is 11.3 Å². The minimum atomic E-state index is -0.166. The molecule has 1 amide bonds. The molecule has 1 heterocycles. The van der Waals surface area contributed by atoms with Crippen molar-refractivity contribution >= 4 is 22.2 Å². The van der Waals surface area contributed by atoms with Gasteiger partial charge in [0.25, 0.3) is 0 Å². The molecule has 1 aromatic rings. The predicted octanol–water partition coefficient (Wildman–Crippen LogP) is 8.24. The van der Waals surface area contributed by atoms with Gasteiger partial charge < -0.3 is 10.0 Å². The van der Waals surface area contributed by atoms with Gasteiger partial charge in [0.15, 0.2) is 0 Å². The molecule has 0 spiro atoms. The Morgan fingerprint density at radius 3 is 2.53 bits per heavy atom.